The zero-order valence-electron chi connectivity index (χ0n) is 20.7. The topological polar surface area (TPSA) is 67.8 Å². The van der Waals surface area contributed by atoms with Crippen LogP contribution in [0.3, 0.4) is 0 Å². The van der Waals surface area contributed by atoms with E-state index in [4.69, 9.17) is 14.5 Å². The normalized spacial score (nSPS) is 20.3. The Morgan fingerprint density at radius 1 is 0.971 bits per heavy atom. The van der Waals surface area contributed by atoms with Crippen LogP contribution in [0.4, 0.5) is 5.82 Å². The number of benzene rings is 2. The molecule has 1 spiro atoms. The van der Waals surface area contributed by atoms with Crippen LogP contribution in [0, 0.1) is 0 Å². The van der Waals surface area contributed by atoms with Crippen molar-refractivity contribution < 1.29 is 14.3 Å². The van der Waals surface area contributed by atoms with Crippen molar-refractivity contribution in [2.75, 3.05) is 38.8 Å². The summed E-state index contributed by atoms with van der Waals surface area (Å²) in [6, 6.07) is 14.0. The fourth-order valence-corrected chi connectivity index (χ4v) is 5.88. The maximum absolute atomic E-state index is 13.2. The summed E-state index contributed by atoms with van der Waals surface area (Å²) in [6.07, 6.45) is 8.20. The second-order valence-corrected chi connectivity index (χ2v) is 9.61. The lowest BCUT2D eigenvalue weighted by Gasteiger charge is -2.39. The van der Waals surface area contributed by atoms with E-state index in [2.05, 4.69) is 33.0 Å². The van der Waals surface area contributed by atoms with Gasteiger partial charge in [-0.05, 0) is 62.3 Å². The number of rotatable bonds is 6. The number of methoxy groups -OCH3 is 2. The third-order valence-corrected chi connectivity index (χ3v) is 7.75. The molecule has 3 aromatic rings. The summed E-state index contributed by atoms with van der Waals surface area (Å²) in [5.41, 5.74) is 2.08. The Kier molecular flexibility index (Phi) is 6.75. The number of nitrogens with zero attached hydrogens (tertiary/aromatic N) is 4. The summed E-state index contributed by atoms with van der Waals surface area (Å²) in [5, 5.41) is 1.11. The van der Waals surface area contributed by atoms with Crippen molar-refractivity contribution in [1.82, 2.24) is 14.9 Å². The first-order chi connectivity index (χ1) is 17.1. The minimum Gasteiger partial charge on any atom is -0.497 e. The number of aryl methyl sites for hydroxylation is 1. The molecule has 0 radical (unpaired) electrons. The van der Waals surface area contributed by atoms with Crippen molar-refractivity contribution in [3.8, 4) is 11.5 Å². The maximum atomic E-state index is 13.2. The Morgan fingerprint density at radius 2 is 1.80 bits per heavy atom. The van der Waals surface area contributed by atoms with Gasteiger partial charge in [0.2, 0.25) is 5.91 Å². The molecule has 35 heavy (non-hydrogen) atoms. The molecule has 0 N–H and O–H groups in total. The van der Waals surface area contributed by atoms with E-state index < -0.39 is 0 Å². The van der Waals surface area contributed by atoms with Gasteiger partial charge in [0, 0.05) is 43.0 Å². The summed E-state index contributed by atoms with van der Waals surface area (Å²) in [5.74, 6) is 2.79. The van der Waals surface area contributed by atoms with E-state index in [0.717, 1.165) is 85.5 Å². The highest BCUT2D eigenvalue weighted by Gasteiger charge is 2.43. The summed E-state index contributed by atoms with van der Waals surface area (Å²) < 4.78 is 10.8. The summed E-state index contributed by atoms with van der Waals surface area (Å²) in [6.45, 7) is 2.61. The second-order valence-electron chi connectivity index (χ2n) is 9.61. The molecule has 1 aromatic heterocycles. The number of hydrogen-bond donors (Lipinski definition) is 0. The van der Waals surface area contributed by atoms with Gasteiger partial charge in [-0.3, -0.25) is 4.79 Å². The predicted octanol–water partition coefficient (Wildman–Crippen LogP) is 4.63. The van der Waals surface area contributed by atoms with Gasteiger partial charge in [-0.2, -0.15) is 0 Å². The van der Waals surface area contributed by atoms with E-state index in [1.54, 1.807) is 20.5 Å². The van der Waals surface area contributed by atoms with Gasteiger partial charge in [0.25, 0.3) is 0 Å². The standard InChI is InChI=1S/C28H34N4O3/c1-34-22-11-9-21(25(19-22)35-2)10-12-26(33)31-16-5-13-28(15-18-31)14-6-17-32(28)27-23-7-3-4-8-24(23)29-20-30-27/h3-4,7-9,11,19-20H,5-6,10,12-18H2,1-2H3/t28-/m0/s1. The van der Waals surface area contributed by atoms with Crippen LogP contribution >= 0.6 is 0 Å². The molecule has 2 aliphatic rings. The highest BCUT2D eigenvalue weighted by atomic mass is 16.5. The second kappa shape index (κ2) is 10.1. The van der Waals surface area contributed by atoms with Crippen LogP contribution in [0.5, 0.6) is 11.5 Å². The molecule has 2 aliphatic heterocycles. The molecule has 0 bridgehead atoms. The first-order valence-corrected chi connectivity index (χ1v) is 12.6. The SMILES string of the molecule is COc1ccc(CCC(=O)N2CCC[C@]3(CCCN3c3ncnc4ccccc34)CC2)c(OC)c1. The molecular formula is C28H34N4O3. The number of anilines is 1. The van der Waals surface area contributed by atoms with E-state index in [-0.39, 0.29) is 11.4 Å². The lowest BCUT2D eigenvalue weighted by atomic mass is 9.87. The molecule has 184 valence electrons. The van der Waals surface area contributed by atoms with E-state index in [0.29, 0.717) is 12.8 Å². The third kappa shape index (κ3) is 4.64. The number of hydrogen-bond acceptors (Lipinski definition) is 6. The molecule has 2 aromatic carbocycles. The van der Waals surface area contributed by atoms with Gasteiger partial charge in [0.05, 0.1) is 19.7 Å². The van der Waals surface area contributed by atoms with E-state index in [1.165, 1.54) is 0 Å². The smallest absolute Gasteiger partial charge is 0.222 e. The Hall–Kier alpha value is -3.35. The highest BCUT2D eigenvalue weighted by molar-refractivity contribution is 5.89. The van der Waals surface area contributed by atoms with Crippen molar-refractivity contribution in [2.45, 2.75) is 50.5 Å². The molecule has 5 rings (SSSR count). The van der Waals surface area contributed by atoms with Gasteiger partial charge < -0.3 is 19.3 Å². The number of ether oxygens (including phenoxy) is 2. The van der Waals surface area contributed by atoms with Crippen molar-refractivity contribution in [3.63, 3.8) is 0 Å². The highest BCUT2D eigenvalue weighted by Crippen LogP contribution is 2.42. The summed E-state index contributed by atoms with van der Waals surface area (Å²) >= 11 is 0. The van der Waals surface area contributed by atoms with Gasteiger partial charge in [-0.1, -0.05) is 18.2 Å². The third-order valence-electron chi connectivity index (χ3n) is 7.75. The Balaban J connectivity index is 1.27. The number of likely N-dealkylation sites (tertiary alicyclic amines) is 1. The van der Waals surface area contributed by atoms with Crippen molar-refractivity contribution in [1.29, 1.82) is 0 Å². The van der Waals surface area contributed by atoms with Gasteiger partial charge >= 0.3 is 0 Å². The first-order valence-electron chi connectivity index (χ1n) is 12.6. The van der Waals surface area contributed by atoms with Gasteiger partial charge in [0.1, 0.15) is 23.6 Å². The number of carbonyl (C=O) groups excluding carboxylic acids is 1. The molecule has 2 saturated heterocycles. The van der Waals surface area contributed by atoms with Gasteiger partial charge in [-0.15, -0.1) is 0 Å². The minimum atomic E-state index is 0.0609. The molecule has 1 amide bonds. The Labute approximate surface area is 207 Å². The predicted molar refractivity (Wildman–Crippen MR) is 137 cm³/mol. The van der Waals surface area contributed by atoms with E-state index in [9.17, 15) is 4.79 Å². The molecule has 3 heterocycles. The van der Waals surface area contributed by atoms with Crippen molar-refractivity contribution in [3.05, 3.63) is 54.4 Å². The molecule has 7 heteroatoms. The fraction of sp³-hybridized carbons (Fsp3) is 0.464. The van der Waals surface area contributed by atoms with E-state index >= 15 is 0 Å². The number of para-hydroxylation sites is 1. The van der Waals surface area contributed by atoms with Crippen LogP contribution in [0.15, 0.2) is 48.8 Å². The van der Waals surface area contributed by atoms with Crippen molar-refractivity contribution >= 4 is 22.6 Å². The maximum Gasteiger partial charge on any atom is 0.222 e. The van der Waals surface area contributed by atoms with Crippen LogP contribution < -0.4 is 14.4 Å². The van der Waals surface area contributed by atoms with Crippen LogP contribution in [-0.4, -0.2) is 60.2 Å². The monoisotopic (exact) mass is 474 g/mol. The average molecular weight is 475 g/mol. The quantitative estimate of drug-likeness (QED) is 0.519. The minimum absolute atomic E-state index is 0.0609. The number of amides is 1. The average Bonchev–Trinajstić information content (AvgIpc) is 3.19. The van der Waals surface area contributed by atoms with Crippen LogP contribution in [0.2, 0.25) is 0 Å². The van der Waals surface area contributed by atoms with Crippen LogP contribution in [0.1, 0.15) is 44.1 Å². The largest absolute Gasteiger partial charge is 0.497 e. The van der Waals surface area contributed by atoms with Crippen molar-refractivity contribution in [2.24, 2.45) is 0 Å². The summed E-state index contributed by atoms with van der Waals surface area (Å²) in [4.78, 5) is 27.0. The van der Waals surface area contributed by atoms with Crippen LogP contribution in [0.25, 0.3) is 10.9 Å². The zero-order chi connectivity index (χ0) is 24.3. The van der Waals surface area contributed by atoms with Gasteiger partial charge in [-0.25, -0.2) is 9.97 Å². The zero-order valence-corrected chi connectivity index (χ0v) is 20.7. The molecular weight excluding hydrogens is 440 g/mol. The molecule has 0 unspecified atom stereocenters. The summed E-state index contributed by atoms with van der Waals surface area (Å²) in [7, 11) is 3.30. The van der Waals surface area contributed by atoms with Gasteiger partial charge in [0.15, 0.2) is 0 Å². The molecule has 1 atom stereocenters. The Bertz CT molecular complexity index is 1190. The fourth-order valence-electron chi connectivity index (χ4n) is 5.88. The van der Waals surface area contributed by atoms with E-state index in [1.807, 2.05) is 24.3 Å². The molecule has 2 fully saturated rings. The molecule has 0 saturated carbocycles. The lowest BCUT2D eigenvalue weighted by Crippen LogP contribution is -2.45. The number of aromatic nitrogens is 2. The first kappa shape index (κ1) is 23.4. The Morgan fingerprint density at radius 3 is 2.63 bits per heavy atom. The molecule has 7 nitrogen and oxygen atoms in total. The number of carbonyl (C=O) groups is 1. The molecule has 0 aliphatic carbocycles. The number of fused-ring (bicyclic) bond motifs is 1. The lowest BCUT2D eigenvalue weighted by molar-refractivity contribution is -0.131. The van der Waals surface area contributed by atoms with Crippen LogP contribution in [-0.2, 0) is 11.2 Å².